The molecule has 1 aliphatic carbocycles. The quantitative estimate of drug-likeness (QED) is 0.900. The van der Waals surface area contributed by atoms with Gasteiger partial charge in [-0.1, -0.05) is 17.7 Å². The van der Waals surface area contributed by atoms with Crippen LogP contribution in [0, 0.1) is 5.82 Å². The predicted molar refractivity (Wildman–Crippen MR) is 64.7 cm³/mol. The Morgan fingerprint density at radius 2 is 2.24 bits per heavy atom. The second-order valence-electron chi connectivity index (χ2n) is 4.58. The SMILES string of the molecule is COC1(C(O)Cc2ccc(Cl)cc2F)CCC1. The summed E-state index contributed by atoms with van der Waals surface area (Å²) in [5.74, 6) is -0.373. The molecule has 2 rings (SSSR count). The molecule has 0 spiro atoms. The molecule has 4 heteroatoms. The van der Waals surface area contributed by atoms with Gasteiger partial charge in [0.25, 0.3) is 0 Å². The molecule has 94 valence electrons. The van der Waals surface area contributed by atoms with Crippen molar-refractivity contribution in [2.75, 3.05) is 7.11 Å². The molecule has 1 aliphatic rings. The number of ether oxygens (including phenoxy) is 1. The van der Waals surface area contributed by atoms with Gasteiger partial charge in [-0.05, 0) is 37.0 Å². The minimum atomic E-state index is -0.670. The van der Waals surface area contributed by atoms with Crippen LogP contribution in [0.2, 0.25) is 5.02 Å². The van der Waals surface area contributed by atoms with Crippen LogP contribution in [0.15, 0.2) is 18.2 Å². The predicted octanol–water partition coefficient (Wildman–Crippen LogP) is 2.95. The van der Waals surface area contributed by atoms with Crippen molar-refractivity contribution in [3.63, 3.8) is 0 Å². The first-order chi connectivity index (χ1) is 8.07. The van der Waals surface area contributed by atoms with Crippen LogP contribution >= 0.6 is 11.6 Å². The summed E-state index contributed by atoms with van der Waals surface area (Å²) in [4.78, 5) is 0. The van der Waals surface area contributed by atoms with Crippen molar-refractivity contribution in [1.29, 1.82) is 0 Å². The fraction of sp³-hybridized carbons (Fsp3) is 0.538. The first kappa shape index (κ1) is 12.8. The van der Waals surface area contributed by atoms with Crippen molar-refractivity contribution in [1.82, 2.24) is 0 Å². The van der Waals surface area contributed by atoms with Crippen LogP contribution in [0.4, 0.5) is 4.39 Å². The van der Waals surface area contributed by atoms with Crippen molar-refractivity contribution in [2.45, 2.75) is 37.4 Å². The molecule has 0 bridgehead atoms. The molecule has 17 heavy (non-hydrogen) atoms. The fourth-order valence-electron chi connectivity index (χ4n) is 2.28. The van der Waals surface area contributed by atoms with Gasteiger partial charge in [-0.15, -0.1) is 0 Å². The Morgan fingerprint density at radius 3 is 2.71 bits per heavy atom. The Balaban J connectivity index is 2.10. The second-order valence-corrected chi connectivity index (χ2v) is 5.01. The third-order valence-electron chi connectivity index (χ3n) is 3.64. The summed E-state index contributed by atoms with van der Waals surface area (Å²) in [6.07, 6.45) is 2.31. The van der Waals surface area contributed by atoms with E-state index in [9.17, 15) is 9.50 Å². The molecule has 1 unspecified atom stereocenters. The van der Waals surface area contributed by atoms with Gasteiger partial charge in [0.1, 0.15) is 5.82 Å². The van der Waals surface area contributed by atoms with Gasteiger partial charge in [0.15, 0.2) is 0 Å². The van der Waals surface area contributed by atoms with Crippen LogP contribution < -0.4 is 0 Å². The fourth-order valence-corrected chi connectivity index (χ4v) is 2.44. The summed E-state index contributed by atoms with van der Waals surface area (Å²) < 4.78 is 19.0. The van der Waals surface area contributed by atoms with Crippen LogP contribution in [0.25, 0.3) is 0 Å². The maximum absolute atomic E-state index is 13.6. The summed E-state index contributed by atoms with van der Waals surface area (Å²) in [5, 5.41) is 10.5. The van der Waals surface area contributed by atoms with Crippen LogP contribution in [-0.4, -0.2) is 23.9 Å². The molecule has 0 aliphatic heterocycles. The van der Waals surface area contributed by atoms with Crippen LogP contribution in [0.1, 0.15) is 24.8 Å². The Hall–Kier alpha value is -0.640. The number of hydrogen-bond acceptors (Lipinski definition) is 2. The largest absolute Gasteiger partial charge is 0.390 e. The highest BCUT2D eigenvalue weighted by molar-refractivity contribution is 6.30. The van der Waals surface area contributed by atoms with Crippen molar-refractivity contribution in [2.24, 2.45) is 0 Å². The molecule has 1 saturated carbocycles. The minimum absolute atomic E-state index is 0.261. The van der Waals surface area contributed by atoms with E-state index in [1.54, 1.807) is 19.2 Å². The zero-order valence-corrected chi connectivity index (χ0v) is 10.5. The number of halogens is 2. The van der Waals surface area contributed by atoms with E-state index in [1.165, 1.54) is 6.07 Å². The van der Waals surface area contributed by atoms with Gasteiger partial charge in [-0.3, -0.25) is 0 Å². The first-order valence-corrected chi connectivity index (χ1v) is 6.12. The molecule has 0 heterocycles. The topological polar surface area (TPSA) is 29.5 Å². The highest BCUT2D eigenvalue weighted by Gasteiger charge is 2.43. The lowest BCUT2D eigenvalue weighted by molar-refractivity contribution is -0.148. The number of rotatable bonds is 4. The minimum Gasteiger partial charge on any atom is -0.390 e. The maximum atomic E-state index is 13.6. The average molecular weight is 259 g/mol. The Bertz CT molecular complexity index is 399. The van der Waals surface area contributed by atoms with E-state index in [0.717, 1.165) is 19.3 Å². The van der Waals surface area contributed by atoms with E-state index in [1.807, 2.05) is 0 Å². The number of methoxy groups -OCH3 is 1. The smallest absolute Gasteiger partial charge is 0.127 e. The first-order valence-electron chi connectivity index (χ1n) is 5.74. The molecule has 0 radical (unpaired) electrons. The number of hydrogen-bond donors (Lipinski definition) is 1. The molecule has 1 N–H and O–H groups in total. The van der Waals surface area contributed by atoms with Gasteiger partial charge in [-0.25, -0.2) is 4.39 Å². The van der Waals surface area contributed by atoms with Crippen molar-refractivity contribution in [3.05, 3.63) is 34.6 Å². The highest BCUT2D eigenvalue weighted by Crippen LogP contribution is 2.39. The maximum Gasteiger partial charge on any atom is 0.127 e. The van der Waals surface area contributed by atoms with Gasteiger partial charge >= 0.3 is 0 Å². The molecule has 0 amide bonds. The lowest BCUT2D eigenvalue weighted by atomic mass is 9.74. The summed E-state index contributed by atoms with van der Waals surface area (Å²) in [6.45, 7) is 0. The molecular weight excluding hydrogens is 243 g/mol. The average Bonchev–Trinajstić information content (AvgIpc) is 2.21. The Kier molecular flexibility index (Phi) is 3.71. The normalized spacial score (nSPS) is 19.8. The molecule has 1 aromatic rings. The van der Waals surface area contributed by atoms with E-state index >= 15 is 0 Å². The van der Waals surface area contributed by atoms with Crippen LogP contribution in [0.3, 0.4) is 0 Å². The third kappa shape index (κ3) is 2.46. The van der Waals surface area contributed by atoms with E-state index in [2.05, 4.69) is 0 Å². The molecule has 1 atom stereocenters. The Labute approximate surface area is 105 Å². The molecule has 2 nitrogen and oxygen atoms in total. The molecule has 1 aromatic carbocycles. The van der Waals surface area contributed by atoms with E-state index < -0.39 is 11.7 Å². The lowest BCUT2D eigenvalue weighted by Crippen LogP contribution is -2.50. The second kappa shape index (κ2) is 4.92. The summed E-state index contributed by atoms with van der Waals surface area (Å²) in [5.41, 5.74) is -0.00302. The summed E-state index contributed by atoms with van der Waals surface area (Å²) >= 11 is 5.68. The van der Waals surface area contributed by atoms with E-state index in [-0.39, 0.29) is 12.2 Å². The molecular formula is C13H16ClFO2. The van der Waals surface area contributed by atoms with Crippen LogP contribution in [-0.2, 0) is 11.2 Å². The van der Waals surface area contributed by atoms with Gasteiger partial charge in [-0.2, -0.15) is 0 Å². The Morgan fingerprint density at radius 1 is 1.53 bits per heavy atom. The zero-order valence-electron chi connectivity index (χ0n) is 9.75. The summed E-state index contributed by atoms with van der Waals surface area (Å²) in [6, 6.07) is 4.51. The molecule has 1 fully saturated rings. The number of benzene rings is 1. The van der Waals surface area contributed by atoms with Gasteiger partial charge < -0.3 is 9.84 Å². The van der Waals surface area contributed by atoms with Crippen molar-refractivity contribution >= 4 is 11.6 Å². The van der Waals surface area contributed by atoms with Crippen molar-refractivity contribution < 1.29 is 14.2 Å². The molecule has 0 aromatic heterocycles. The summed E-state index contributed by atoms with van der Waals surface area (Å²) in [7, 11) is 1.60. The van der Waals surface area contributed by atoms with E-state index in [0.29, 0.717) is 10.6 Å². The van der Waals surface area contributed by atoms with Gasteiger partial charge in [0, 0.05) is 18.6 Å². The lowest BCUT2D eigenvalue weighted by Gasteiger charge is -2.44. The molecule has 0 saturated heterocycles. The van der Waals surface area contributed by atoms with E-state index in [4.69, 9.17) is 16.3 Å². The van der Waals surface area contributed by atoms with Crippen LogP contribution in [0.5, 0.6) is 0 Å². The zero-order chi connectivity index (χ0) is 12.5. The third-order valence-corrected chi connectivity index (χ3v) is 3.88. The van der Waals surface area contributed by atoms with Gasteiger partial charge in [0.05, 0.1) is 11.7 Å². The number of aliphatic hydroxyl groups is 1. The number of aliphatic hydroxyl groups excluding tert-OH is 1. The highest BCUT2D eigenvalue weighted by atomic mass is 35.5. The van der Waals surface area contributed by atoms with Gasteiger partial charge in [0.2, 0.25) is 0 Å². The monoisotopic (exact) mass is 258 g/mol. The standard InChI is InChI=1S/C13H16ClFO2/c1-17-13(5-2-6-13)12(16)7-9-3-4-10(14)8-11(9)15/h3-4,8,12,16H,2,5-7H2,1H3. The van der Waals surface area contributed by atoms with Crippen molar-refractivity contribution in [3.8, 4) is 0 Å².